The van der Waals surface area contributed by atoms with Crippen molar-refractivity contribution in [3.8, 4) is 0 Å². The Labute approximate surface area is 85.7 Å². The fourth-order valence-corrected chi connectivity index (χ4v) is 1.14. The number of nitrogens with one attached hydrogen (secondary N) is 1. The number of halogens is 1. The molecule has 0 bridgehead atoms. The standard InChI is InChI=1S/C8H9ClN2O3/c1-14-10-5-6-4-7(11(12)13)2-3-8(6)9/h2-4,10H,5H2,1H3. The van der Waals surface area contributed by atoms with Gasteiger partial charge in [0.05, 0.1) is 12.0 Å². The number of benzene rings is 1. The number of rotatable bonds is 4. The van der Waals surface area contributed by atoms with Gasteiger partial charge in [-0.05, 0) is 11.6 Å². The van der Waals surface area contributed by atoms with Crippen molar-refractivity contribution >= 4 is 17.3 Å². The molecule has 1 aromatic carbocycles. The molecule has 14 heavy (non-hydrogen) atoms. The van der Waals surface area contributed by atoms with Crippen LogP contribution in [0.4, 0.5) is 5.69 Å². The van der Waals surface area contributed by atoms with E-state index in [4.69, 9.17) is 11.6 Å². The number of non-ortho nitro benzene ring substituents is 1. The molecule has 0 unspecified atom stereocenters. The van der Waals surface area contributed by atoms with Crippen molar-refractivity contribution < 1.29 is 9.76 Å². The van der Waals surface area contributed by atoms with Crippen LogP contribution in [0.5, 0.6) is 0 Å². The third-order valence-electron chi connectivity index (χ3n) is 1.65. The van der Waals surface area contributed by atoms with E-state index in [1.807, 2.05) is 0 Å². The summed E-state index contributed by atoms with van der Waals surface area (Å²) >= 11 is 5.82. The van der Waals surface area contributed by atoms with Crippen molar-refractivity contribution in [1.82, 2.24) is 5.48 Å². The molecule has 0 amide bonds. The Hall–Kier alpha value is -1.17. The molecule has 1 N–H and O–H groups in total. The second-order valence-electron chi connectivity index (χ2n) is 2.56. The van der Waals surface area contributed by atoms with Crippen LogP contribution in [0, 0.1) is 10.1 Å². The van der Waals surface area contributed by atoms with Gasteiger partial charge < -0.3 is 4.84 Å². The van der Waals surface area contributed by atoms with Gasteiger partial charge in [0.2, 0.25) is 0 Å². The predicted octanol–water partition coefficient (Wildman–Crippen LogP) is 1.90. The van der Waals surface area contributed by atoms with E-state index in [1.165, 1.54) is 25.3 Å². The van der Waals surface area contributed by atoms with Crippen LogP contribution < -0.4 is 5.48 Å². The molecule has 5 nitrogen and oxygen atoms in total. The summed E-state index contributed by atoms with van der Waals surface area (Å²) in [5.74, 6) is 0. The number of hydrogen-bond donors (Lipinski definition) is 1. The second-order valence-corrected chi connectivity index (χ2v) is 2.97. The van der Waals surface area contributed by atoms with Crippen LogP contribution in [-0.4, -0.2) is 12.0 Å². The minimum atomic E-state index is -0.466. The molecule has 0 saturated carbocycles. The number of nitro groups is 1. The fraction of sp³-hybridized carbons (Fsp3) is 0.250. The van der Waals surface area contributed by atoms with Crippen LogP contribution in [0.25, 0.3) is 0 Å². The molecule has 0 aliphatic heterocycles. The average Bonchev–Trinajstić information content (AvgIpc) is 2.16. The second kappa shape index (κ2) is 4.90. The van der Waals surface area contributed by atoms with Gasteiger partial charge in [-0.15, -0.1) is 0 Å². The van der Waals surface area contributed by atoms with E-state index in [0.29, 0.717) is 17.1 Å². The van der Waals surface area contributed by atoms with Crippen LogP contribution >= 0.6 is 11.6 Å². The molecule has 0 spiro atoms. The molecule has 0 radical (unpaired) electrons. The molecular formula is C8H9ClN2O3. The van der Waals surface area contributed by atoms with E-state index < -0.39 is 4.92 Å². The molecule has 76 valence electrons. The summed E-state index contributed by atoms with van der Waals surface area (Å²) in [5, 5.41) is 10.9. The van der Waals surface area contributed by atoms with Gasteiger partial charge in [0.25, 0.3) is 5.69 Å². The van der Waals surface area contributed by atoms with Gasteiger partial charge in [0.15, 0.2) is 0 Å². The molecule has 0 aliphatic carbocycles. The Bertz CT molecular complexity index is 343. The lowest BCUT2D eigenvalue weighted by Crippen LogP contribution is -2.11. The Morgan fingerprint density at radius 3 is 2.93 bits per heavy atom. The van der Waals surface area contributed by atoms with E-state index in [-0.39, 0.29) is 5.69 Å². The van der Waals surface area contributed by atoms with E-state index >= 15 is 0 Å². The lowest BCUT2D eigenvalue weighted by molar-refractivity contribution is -0.384. The molecule has 0 atom stereocenters. The molecule has 0 aliphatic rings. The first-order chi connectivity index (χ1) is 6.65. The van der Waals surface area contributed by atoms with Crippen molar-refractivity contribution in [2.45, 2.75) is 6.54 Å². The SMILES string of the molecule is CONCc1cc([N+](=O)[O-])ccc1Cl. The lowest BCUT2D eigenvalue weighted by atomic mass is 10.2. The van der Waals surface area contributed by atoms with Crippen LogP contribution in [-0.2, 0) is 11.4 Å². The highest BCUT2D eigenvalue weighted by Gasteiger charge is 2.08. The summed E-state index contributed by atoms with van der Waals surface area (Å²) in [4.78, 5) is 14.6. The molecule has 1 rings (SSSR count). The Balaban J connectivity index is 2.90. The van der Waals surface area contributed by atoms with Crippen LogP contribution in [0.1, 0.15) is 5.56 Å². The van der Waals surface area contributed by atoms with Gasteiger partial charge in [-0.1, -0.05) is 11.6 Å². The highest BCUT2D eigenvalue weighted by atomic mass is 35.5. The van der Waals surface area contributed by atoms with Gasteiger partial charge >= 0.3 is 0 Å². The van der Waals surface area contributed by atoms with Crippen molar-refractivity contribution in [3.63, 3.8) is 0 Å². The van der Waals surface area contributed by atoms with E-state index in [1.54, 1.807) is 0 Å². The monoisotopic (exact) mass is 216 g/mol. The van der Waals surface area contributed by atoms with Crippen LogP contribution in [0.2, 0.25) is 5.02 Å². The Morgan fingerprint density at radius 1 is 1.64 bits per heavy atom. The first-order valence-corrected chi connectivity index (χ1v) is 4.21. The van der Waals surface area contributed by atoms with Gasteiger partial charge in [0.1, 0.15) is 0 Å². The molecular weight excluding hydrogens is 208 g/mol. The average molecular weight is 217 g/mol. The molecule has 0 aromatic heterocycles. The molecule has 0 saturated heterocycles. The Kier molecular flexibility index (Phi) is 3.82. The zero-order valence-electron chi connectivity index (χ0n) is 7.49. The van der Waals surface area contributed by atoms with E-state index in [0.717, 1.165) is 0 Å². The van der Waals surface area contributed by atoms with Gasteiger partial charge in [-0.3, -0.25) is 10.1 Å². The molecule has 0 fully saturated rings. The van der Waals surface area contributed by atoms with Crippen molar-refractivity contribution in [3.05, 3.63) is 38.9 Å². The lowest BCUT2D eigenvalue weighted by Gasteiger charge is -2.03. The first kappa shape index (κ1) is 10.9. The summed E-state index contributed by atoms with van der Waals surface area (Å²) < 4.78 is 0. The number of nitro benzene ring substituents is 1. The van der Waals surface area contributed by atoms with Crippen molar-refractivity contribution in [2.24, 2.45) is 0 Å². The summed E-state index contributed by atoms with van der Waals surface area (Å²) in [6.07, 6.45) is 0. The smallest absolute Gasteiger partial charge is 0.269 e. The maximum absolute atomic E-state index is 10.4. The first-order valence-electron chi connectivity index (χ1n) is 3.84. The van der Waals surface area contributed by atoms with Gasteiger partial charge in [-0.25, -0.2) is 0 Å². The van der Waals surface area contributed by atoms with E-state index in [2.05, 4.69) is 10.3 Å². The summed E-state index contributed by atoms with van der Waals surface area (Å²) in [6, 6.07) is 4.26. The van der Waals surface area contributed by atoms with Crippen LogP contribution in [0.15, 0.2) is 18.2 Å². The zero-order chi connectivity index (χ0) is 10.6. The highest BCUT2D eigenvalue weighted by Crippen LogP contribution is 2.21. The third-order valence-corrected chi connectivity index (χ3v) is 2.02. The third kappa shape index (κ3) is 2.66. The minimum absolute atomic E-state index is 0.0160. The zero-order valence-corrected chi connectivity index (χ0v) is 8.25. The molecule has 0 heterocycles. The normalized spacial score (nSPS) is 10.1. The number of hydrogen-bond acceptors (Lipinski definition) is 4. The molecule has 6 heteroatoms. The maximum Gasteiger partial charge on any atom is 0.269 e. The summed E-state index contributed by atoms with van der Waals surface area (Å²) in [6.45, 7) is 0.330. The topological polar surface area (TPSA) is 64.4 Å². The number of hydroxylamine groups is 1. The maximum atomic E-state index is 10.4. The van der Waals surface area contributed by atoms with Crippen molar-refractivity contribution in [2.75, 3.05) is 7.11 Å². The molecule has 1 aromatic rings. The summed E-state index contributed by atoms with van der Waals surface area (Å²) in [5.41, 5.74) is 3.21. The minimum Gasteiger partial charge on any atom is -0.305 e. The summed E-state index contributed by atoms with van der Waals surface area (Å²) in [7, 11) is 1.46. The fourth-order valence-electron chi connectivity index (χ4n) is 0.960. The quantitative estimate of drug-likeness (QED) is 0.617. The van der Waals surface area contributed by atoms with E-state index in [9.17, 15) is 10.1 Å². The van der Waals surface area contributed by atoms with Crippen molar-refractivity contribution in [1.29, 1.82) is 0 Å². The highest BCUT2D eigenvalue weighted by molar-refractivity contribution is 6.31. The van der Waals surface area contributed by atoms with Gasteiger partial charge in [-0.2, -0.15) is 5.48 Å². The van der Waals surface area contributed by atoms with Crippen LogP contribution in [0.3, 0.4) is 0 Å². The number of nitrogens with zero attached hydrogens (tertiary/aromatic N) is 1. The Morgan fingerprint density at radius 2 is 2.36 bits per heavy atom. The largest absolute Gasteiger partial charge is 0.305 e. The predicted molar refractivity (Wildman–Crippen MR) is 52.0 cm³/mol. The van der Waals surface area contributed by atoms with Gasteiger partial charge in [0, 0.05) is 23.7 Å².